The van der Waals surface area contributed by atoms with E-state index in [0.29, 0.717) is 6.04 Å². The third kappa shape index (κ3) is 5.14. The topological polar surface area (TPSA) is 17.4 Å². The van der Waals surface area contributed by atoms with Crippen molar-refractivity contribution in [3.05, 3.63) is 65.1 Å². The van der Waals surface area contributed by atoms with Crippen molar-refractivity contribution in [2.24, 2.45) is 5.92 Å². The molecule has 0 N–H and O–H groups in total. The zero-order valence-corrected chi connectivity index (χ0v) is 21.1. The molecule has 0 amide bonds. The lowest BCUT2D eigenvalue weighted by Crippen LogP contribution is -2.24. The number of methoxy groups -OCH3 is 1. The summed E-state index contributed by atoms with van der Waals surface area (Å²) in [4.78, 5) is 2.35. The Balaban J connectivity index is 1.95. The summed E-state index contributed by atoms with van der Waals surface area (Å²) in [7, 11) is 1.71. The molecule has 2 atom stereocenters. The van der Waals surface area contributed by atoms with Crippen LogP contribution >= 0.6 is 0 Å². The highest BCUT2D eigenvalue weighted by atomic mass is 16.5. The molecule has 2 unspecified atom stereocenters. The summed E-state index contributed by atoms with van der Waals surface area (Å²) >= 11 is 0. The third-order valence-corrected chi connectivity index (χ3v) is 7.05. The summed E-state index contributed by atoms with van der Waals surface area (Å²) in [5.41, 5.74) is 7.73. The van der Waals surface area contributed by atoms with Gasteiger partial charge in [0.15, 0.2) is 0 Å². The van der Waals surface area contributed by atoms with Crippen LogP contribution in [-0.4, -0.2) is 16.6 Å². The van der Waals surface area contributed by atoms with Gasteiger partial charge in [-0.25, -0.2) is 0 Å². The highest BCUT2D eigenvalue weighted by Gasteiger charge is 2.27. The predicted octanol–water partition coefficient (Wildman–Crippen LogP) is 8.07. The molecule has 1 aromatic carbocycles. The van der Waals surface area contributed by atoms with Crippen molar-refractivity contribution in [3.8, 4) is 5.75 Å². The fraction of sp³-hybridized carbons (Fsp3) is 0.517. The van der Waals surface area contributed by atoms with Crippen LogP contribution in [0.4, 0.5) is 0 Å². The molecule has 1 aliphatic rings. The molecule has 3 heteroatoms. The molecule has 0 saturated heterocycles. The molecule has 32 heavy (non-hydrogen) atoms. The van der Waals surface area contributed by atoms with E-state index in [1.54, 1.807) is 7.11 Å². The number of allylic oxidation sites excluding steroid dienone is 1. The zero-order valence-electron chi connectivity index (χ0n) is 21.1. The van der Waals surface area contributed by atoms with E-state index in [-0.39, 0.29) is 0 Å². The number of aromatic nitrogens is 1. The van der Waals surface area contributed by atoms with Crippen molar-refractivity contribution in [1.29, 1.82) is 0 Å². The first kappa shape index (κ1) is 24.2. The second-order valence-electron chi connectivity index (χ2n) is 9.37. The average Bonchev–Trinajstić information content (AvgIpc) is 3.18. The summed E-state index contributed by atoms with van der Waals surface area (Å²) in [5, 5.41) is 0. The van der Waals surface area contributed by atoms with E-state index >= 15 is 0 Å². The fourth-order valence-corrected chi connectivity index (χ4v) is 4.87. The first-order valence-electron chi connectivity index (χ1n) is 12.4. The smallest absolute Gasteiger partial charge is 0.118 e. The first-order valence-corrected chi connectivity index (χ1v) is 12.4. The highest BCUT2D eigenvalue weighted by Crippen LogP contribution is 2.39. The van der Waals surface area contributed by atoms with Crippen LogP contribution in [0.3, 0.4) is 0 Å². The number of aryl methyl sites for hydroxylation is 1. The average molecular weight is 435 g/mol. The normalized spacial score (nSPS) is 15.4. The van der Waals surface area contributed by atoms with E-state index in [1.807, 2.05) is 12.1 Å². The lowest BCUT2D eigenvalue weighted by molar-refractivity contribution is 0.343. The van der Waals surface area contributed by atoms with Gasteiger partial charge < -0.3 is 14.2 Å². The predicted molar refractivity (Wildman–Crippen MR) is 138 cm³/mol. The molecule has 0 fully saturated rings. The van der Waals surface area contributed by atoms with Crippen LogP contribution in [0.1, 0.15) is 95.3 Å². The number of unbranched alkanes of at least 4 members (excludes halogenated alkanes) is 1. The maximum absolute atomic E-state index is 5.32. The van der Waals surface area contributed by atoms with Gasteiger partial charge in [0.1, 0.15) is 5.75 Å². The summed E-state index contributed by atoms with van der Waals surface area (Å²) < 4.78 is 7.98. The molecule has 0 radical (unpaired) electrons. The molecule has 0 spiro atoms. The molecule has 0 aliphatic carbocycles. The Labute approximate surface area is 195 Å². The minimum Gasteiger partial charge on any atom is -0.497 e. The fourth-order valence-electron chi connectivity index (χ4n) is 4.87. The van der Waals surface area contributed by atoms with Crippen LogP contribution in [0.2, 0.25) is 0 Å². The van der Waals surface area contributed by atoms with Crippen LogP contribution in [0, 0.1) is 5.92 Å². The van der Waals surface area contributed by atoms with Gasteiger partial charge in [-0.2, -0.15) is 0 Å². The van der Waals surface area contributed by atoms with Crippen molar-refractivity contribution in [3.63, 3.8) is 0 Å². The van der Waals surface area contributed by atoms with Gasteiger partial charge in [-0.05, 0) is 61.9 Å². The molecule has 2 aromatic rings. The van der Waals surface area contributed by atoms with Crippen molar-refractivity contribution in [2.75, 3.05) is 7.11 Å². The molecule has 3 rings (SSSR count). The van der Waals surface area contributed by atoms with Gasteiger partial charge in [0.05, 0.1) is 12.8 Å². The number of hydrogen-bond donors (Lipinski definition) is 0. The molecular formula is C29H42N2O. The lowest BCUT2D eigenvalue weighted by Gasteiger charge is -2.33. The van der Waals surface area contributed by atoms with Crippen molar-refractivity contribution < 1.29 is 4.74 Å². The molecular weight excluding hydrogens is 392 g/mol. The summed E-state index contributed by atoms with van der Waals surface area (Å²) in [5.74, 6) is 1.63. The number of fused-ring (bicyclic) bond motifs is 1. The van der Waals surface area contributed by atoms with Crippen LogP contribution in [0.5, 0.6) is 5.75 Å². The van der Waals surface area contributed by atoms with Gasteiger partial charge in [0, 0.05) is 35.2 Å². The van der Waals surface area contributed by atoms with Crippen LogP contribution in [-0.2, 0) is 13.0 Å². The summed E-state index contributed by atoms with van der Waals surface area (Å²) in [6.07, 6.45) is 9.72. The third-order valence-electron chi connectivity index (χ3n) is 7.05. The van der Waals surface area contributed by atoms with Gasteiger partial charge in [0.25, 0.3) is 0 Å². The number of ether oxygens (including phenoxy) is 1. The second kappa shape index (κ2) is 10.9. The van der Waals surface area contributed by atoms with Crippen LogP contribution in [0.15, 0.2) is 42.6 Å². The molecule has 1 aliphatic heterocycles. The molecule has 174 valence electrons. The molecule has 0 saturated carbocycles. The Morgan fingerprint density at radius 2 is 1.81 bits per heavy atom. The number of rotatable bonds is 11. The van der Waals surface area contributed by atoms with Crippen molar-refractivity contribution in [1.82, 2.24) is 9.47 Å². The van der Waals surface area contributed by atoms with E-state index in [0.717, 1.165) is 30.3 Å². The van der Waals surface area contributed by atoms with E-state index in [4.69, 9.17) is 4.74 Å². The van der Waals surface area contributed by atoms with Crippen LogP contribution in [0.25, 0.3) is 11.8 Å². The Hall–Kier alpha value is -2.42. The van der Waals surface area contributed by atoms with E-state index in [2.05, 4.69) is 74.9 Å². The van der Waals surface area contributed by atoms with Crippen molar-refractivity contribution >= 4 is 11.8 Å². The molecule has 3 nitrogen and oxygen atoms in total. The summed E-state index contributed by atoms with van der Waals surface area (Å²) in [6, 6.07) is 11.3. The van der Waals surface area contributed by atoms with E-state index < -0.39 is 0 Å². The standard InChI is InChI=1S/C29H42N2O/c1-8-11-12-26(17-21(4)9-2)31-25(10-3)19-28-23(6)30(22(5)18-29(28)31)20-24-13-15-27(32-7)16-14-24/h13-16,18-19,21,26H,6,8-12,17,20H2,1-5,7H3. The van der Waals surface area contributed by atoms with Gasteiger partial charge >= 0.3 is 0 Å². The van der Waals surface area contributed by atoms with Gasteiger partial charge in [-0.3, -0.25) is 0 Å². The van der Waals surface area contributed by atoms with Crippen molar-refractivity contribution in [2.45, 2.75) is 85.7 Å². The Kier molecular flexibility index (Phi) is 8.28. The molecule has 1 aromatic heterocycles. The van der Waals surface area contributed by atoms with Gasteiger partial charge in [-0.1, -0.05) is 65.7 Å². The minimum atomic E-state index is 0.564. The molecule has 2 heterocycles. The van der Waals surface area contributed by atoms with Gasteiger partial charge in [-0.15, -0.1) is 0 Å². The highest BCUT2D eigenvalue weighted by molar-refractivity contribution is 5.78. The SMILES string of the molecule is C=C1c2cc(CC)n(C(CCCC)CC(C)CC)c2C=C(C)N1Cc1ccc(OC)cc1. The minimum absolute atomic E-state index is 0.564. The van der Waals surface area contributed by atoms with E-state index in [1.165, 1.54) is 60.3 Å². The number of nitrogens with zero attached hydrogens (tertiary/aromatic N) is 2. The summed E-state index contributed by atoms with van der Waals surface area (Å²) in [6.45, 7) is 16.9. The Morgan fingerprint density at radius 3 is 2.41 bits per heavy atom. The van der Waals surface area contributed by atoms with Gasteiger partial charge in [0.2, 0.25) is 0 Å². The molecule has 0 bridgehead atoms. The largest absolute Gasteiger partial charge is 0.497 e. The second-order valence-corrected chi connectivity index (χ2v) is 9.37. The lowest BCUT2D eigenvalue weighted by atomic mass is 9.95. The van der Waals surface area contributed by atoms with E-state index in [9.17, 15) is 0 Å². The Morgan fingerprint density at radius 1 is 1.09 bits per heavy atom. The maximum atomic E-state index is 5.32. The number of benzene rings is 1. The monoisotopic (exact) mass is 434 g/mol. The number of hydrogen-bond acceptors (Lipinski definition) is 2. The quantitative estimate of drug-likeness (QED) is 0.356. The zero-order chi connectivity index (χ0) is 23.3. The Bertz CT molecular complexity index is 935. The maximum Gasteiger partial charge on any atom is 0.118 e. The first-order chi connectivity index (χ1) is 15.4. The van der Waals surface area contributed by atoms with Crippen LogP contribution < -0.4 is 4.74 Å².